The molecular formula is C10H12CuN2O8. The van der Waals surface area contributed by atoms with Crippen LogP contribution in [0.3, 0.4) is 0 Å². The molecule has 0 unspecified atom stereocenters. The van der Waals surface area contributed by atoms with Crippen molar-refractivity contribution in [3.8, 4) is 0 Å². The zero-order valence-electron chi connectivity index (χ0n) is 11.5. The summed E-state index contributed by atoms with van der Waals surface area (Å²) < 4.78 is 0. The van der Waals surface area contributed by atoms with Crippen LogP contribution >= 0.6 is 0 Å². The predicted molar refractivity (Wildman–Crippen MR) is 60.8 cm³/mol. The van der Waals surface area contributed by atoms with Gasteiger partial charge < -0.3 is 10.2 Å². The van der Waals surface area contributed by atoms with Crippen molar-refractivity contribution < 1.29 is 46.7 Å². The Balaban J connectivity index is -0.000000295. The summed E-state index contributed by atoms with van der Waals surface area (Å²) in [6, 6.07) is 0. The topological polar surface area (TPSA) is 167 Å². The molecule has 21 heavy (non-hydrogen) atoms. The van der Waals surface area contributed by atoms with Crippen molar-refractivity contribution in [2.24, 2.45) is 0 Å². The summed E-state index contributed by atoms with van der Waals surface area (Å²) in [6.07, 6.45) is 0. The van der Waals surface area contributed by atoms with Gasteiger partial charge in [0.05, 0.1) is 9.85 Å². The molecule has 0 amide bonds. The standard InChI is InChI=1S/2C5H7NO4.Cu/c2*1-3(7)5(4(2)8)6(9)10;/h2*7H,1-2H3;/q;;+2/p-2/b2*5-3+;. The molecule has 10 nitrogen and oxygen atoms in total. The van der Waals surface area contributed by atoms with Crippen LogP contribution in [-0.2, 0) is 26.7 Å². The molecule has 1 radical (unpaired) electrons. The van der Waals surface area contributed by atoms with Crippen LogP contribution in [0.2, 0.25) is 0 Å². The van der Waals surface area contributed by atoms with Gasteiger partial charge in [0.15, 0.2) is 0 Å². The number of carbonyl (C=O) groups excluding carboxylic acids is 2. The minimum absolute atomic E-state index is 0. The van der Waals surface area contributed by atoms with Crippen molar-refractivity contribution in [3.05, 3.63) is 43.1 Å². The maximum absolute atomic E-state index is 10.3. The third kappa shape index (κ3) is 9.30. The monoisotopic (exact) mass is 351 g/mol. The van der Waals surface area contributed by atoms with E-state index in [4.69, 9.17) is 0 Å². The smallest absolute Gasteiger partial charge is 0.871 e. The van der Waals surface area contributed by atoms with Crippen molar-refractivity contribution in [1.82, 2.24) is 0 Å². The summed E-state index contributed by atoms with van der Waals surface area (Å²) in [6.45, 7) is 3.94. The number of ketones is 2. The number of allylic oxidation sites excluding steroid dienone is 4. The first-order valence-electron chi connectivity index (χ1n) is 4.99. The van der Waals surface area contributed by atoms with Gasteiger partial charge in [0, 0.05) is 13.8 Å². The molecule has 0 N–H and O–H groups in total. The van der Waals surface area contributed by atoms with Crippen LogP contribution in [0.1, 0.15) is 27.7 Å². The van der Waals surface area contributed by atoms with Gasteiger partial charge in [-0.05, 0) is 13.8 Å². The van der Waals surface area contributed by atoms with Gasteiger partial charge in [-0.25, -0.2) is 0 Å². The van der Waals surface area contributed by atoms with Crippen molar-refractivity contribution in [2.75, 3.05) is 0 Å². The SMILES string of the molecule is CC(=O)/C(=C(/C)[O-])[N+](=O)[O-].CC(=O)/C(=C(/C)[O-])[N+](=O)[O-].[Cu+2]. The molecule has 0 spiro atoms. The van der Waals surface area contributed by atoms with E-state index in [0.717, 1.165) is 27.7 Å². The van der Waals surface area contributed by atoms with Gasteiger partial charge >= 0.3 is 17.1 Å². The van der Waals surface area contributed by atoms with E-state index in [9.17, 15) is 40.0 Å². The van der Waals surface area contributed by atoms with E-state index in [1.807, 2.05) is 0 Å². The molecule has 0 bridgehead atoms. The van der Waals surface area contributed by atoms with E-state index in [1.54, 1.807) is 0 Å². The van der Waals surface area contributed by atoms with Crippen LogP contribution in [-0.4, -0.2) is 21.4 Å². The van der Waals surface area contributed by atoms with Crippen molar-refractivity contribution in [2.45, 2.75) is 27.7 Å². The summed E-state index contributed by atoms with van der Waals surface area (Å²) in [5.41, 5.74) is -1.72. The van der Waals surface area contributed by atoms with Crippen LogP contribution in [0.25, 0.3) is 0 Å². The number of carbonyl (C=O) groups is 2. The van der Waals surface area contributed by atoms with E-state index in [0.29, 0.717) is 0 Å². The summed E-state index contributed by atoms with van der Waals surface area (Å²) >= 11 is 0. The Kier molecular flexibility index (Phi) is 11.9. The Bertz CT molecular complexity index is 423. The molecule has 0 aromatic rings. The molecule has 0 rings (SSSR count). The fraction of sp³-hybridized carbons (Fsp3) is 0.400. The summed E-state index contributed by atoms with van der Waals surface area (Å²) in [7, 11) is 0. The van der Waals surface area contributed by atoms with Gasteiger partial charge in [-0.2, -0.15) is 0 Å². The molecule has 0 saturated heterocycles. The number of hydrogen-bond donors (Lipinski definition) is 0. The minimum atomic E-state index is -0.968. The zero-order chi connectivity index (χ0) is 16.6. The van der Waals surface area contributed by atoms with Crippen molar-refractivity contribution in [1.29, 1.82) is 0 Å². The van der Waals surface area contributed by atoms with Gasteiger partial charge in [0.2, 0.25) is 11.6 Å². The first-order valence-corrected chi connectivity index (χ1v) is 4.99. The Labute approximate surface area is 129 Å². The van der Waals surface area contributed by atoms with E-state index < -0.39 is 44.3 Å². The molecular weight excluding hydrogens is 340 g/mol. The average molecular weight is 352 g/mol. The maximum Gasteiger partial charge on any atom is 2.00 e. The van der Waals surface area contributed by atoms with Gasteiger partial charge in [-0.1, -0.05) is 11.5 Å². The maximum atomic E-state index is 10.3. The van der Waals surface area contributed by atoms with E-state index in [-0.39, 0.29) is 17.1 Å². The average Bonchev–Trinajstić information content (AvgIpc) is 2.12. The van der Waals surface area contributed by atoms with Crippen molar-refractivity contribution in [3.63, 3.8) is 0 Å². The quantitative estimate of drug-likeness (QED) is 0.202. The van der Waals surface area contributed by atoms with Gasteiger partial charge in [-0.3, -0.25) is 29.8 Å². The van der Waals surface area contributed by atoms with Crippen LogP contribution in [0.15, 0.2) is 22.9 Å². The molecule has 11 heteroatoms. The predicted octanol–water partition coefficient (Wildman–Crippen LogP) is -1.11. The second kappa shape index (κ2) is 10.5. The molecule has 0 aliphatic carbocycles. The molecule has 0 saturated carbocycles. The Morgan fingerprint density at radius 2 is 0.905 bits per heavy atom. The van der Waals surface area contributed by atoms with Gasteiger partial charge in [0.1, 0.15) is 0 Å². The van der Waals surface area contributed by atoms with Crippen LogP contribution in [0.4, 0.5) is 0 Å². The number of hydrogen-bond acceptors (Lipinski definition) is 8. The van der Waals surface area contributed by atoms with Crippen molar-refractivity contribution >= 4 is 11.6 Å². The fourth-order valence-electron chi connectivity index (χ4n) is 1.01. The minimum Gasteiger partial charge on any atom is -0.871 e. The zero-order valence-corrected chi connectivity index (χ0v) is 12.4. The van der Waals surface area contributed by atoms with E-state index >= 15 is 0 Å². The second-order valence-corrected chi connectivity index (χ2v) is 3.44. The summed E-state index contributed by atoms with van der Waals surface area (Å²) in [5.74, 6) is -3.23. The number of nitro groups is 2. The molecule has 0 aliphatic rings. The summed E-state index contributed by atoms with van der Waals surface area (Å²) in [5, 5.41) is 40.5. The second-order valence-electron chi connectivity index (χ2n) is 3.44. The molecule has 0 heterocycles. The first kappa shape index (κ1) is 23.8. The number of rotatable bonds is 4. The molecule has 121 valence electrons. The molecule has 0 atom stereocenters. The Hall–Kier alpha value is -2.26. The van der Waals surface area contributed by atoms with Crippen LogP contribution < -0.4 is 10.2 Å². The molecule has 0 aromatic carbocycles. The third-order valence-corrected chi connectivity index (χ3v) is 1.70. The Morgan fingerprint density at radius 1 is 0.714 bits per heavy atom. The van der Waals surface area contributed by atoms with Gasteiger partial charge in [-0.15, -0.1) is 0 Å². The summed E-state index contributed by atoms with van der Waals surface area (Å²) in [4.78, 5) is 38.5. The largest absolute Gasteiger partial charge is 2.00 e. The normalized spacial score (nSPS) is 11.6. The fourth-order valence-corrected chi connectivity index (χ4v) is 1.01. The Morgan fingerprint density at radius 3 is 0.905 bits per heavy atom. The van der Waals surface area contributed by atoms with Crippen LogP contribution in [0.5, 0.6) is 0 Å². The van der Waals surface area contributed by atoms with E-state index in [2.05, 4.69) is 0 Å². The van der Waals surface area contributed by atoms with E-state index in [1.165, 1.54) is 0 Å². The van der Waals surface area contributed by atoms with Crippen LogP contribution in [0, 0.1) is 20.2 Å². The van der Waals surface area contributed by atoms with Gasteiger partial charge in [0.25, 0.3) is 11.4 Å². The molecule has 0 aromatic heterocycles. The number of Topliss-reactive ketones (excluding diaryl/α,β-unsaturated/α-hetero) is 2. The molecule has 0 fully saturated rings. The first-order chi connectivity index (χ1) is 8.93. The number of nitrogens with zero attached hydrogens (tertiary/aromatic N) is 2. The third-order valence-electron chi connectivity index (χ3n) is 1.70. The molecule has 0 aliphatic heterocycles.